The van der Waals surface area contributed by atoms with E-state index in [-0.39, 0.29) is 0 Å². The molecular weight excluding hydrogens is 575 g/mol. The molecule has 216 valence electrons. The van der Waals surface area contributed by atoms with Gasteiger partial charge in [0.1, 0.15) is 0 Å². The van der Waals surface area contributed by atoms with Gasteiger partial charge >= 0.3 is 0 Å². The molecule has 0 atom stereocenters. The molecule has 8 aromatic carbocycles. The number of nitrogens with zero attached hydrogens (tertiary/aromatic N) is 1. The van der Waals surface area contributed by atoms with Gasteiger partial charge in [-0.15, -0.1) is 11.3 Å². The Balaban J connectivity index is 1.24. The number of rotatable bonds is 5. The van der Waals surface area contributed by atoms with Crippen LogP contribution in [0.5, 0.6) is 0 Å². The lowest BCUT2D eigenvalue weighted by molar-refractivity contribution is 1.29. The van der Waals surface area contributed by atoms with Gasteiger partial charge in [0.15, 0.2) is 0 Å². The van der Waals surface area contributed by atoms with E-state index in [1.54, 1.807) is 0 Å². The molecule has 1 nitrogen and oxygen atoms in total. The lowest BCUT2D eigenvalue weighted by atomic mass is 9.99. The van der Waals surface area contributed by atoms with Gasteiger partial charge in [0, 0.05) is 37.1 Å². The molecule has 9 rings (SSSR count). The van der Waals surface area contributed by atoms with Gasteiger partial charge in [-0.05, 0) is 86.8 Å². The Bertz CT molecular complexity index is 2530. The highest BCUT2D eigenvalue weighted by Crippen LogP contribution is 2.44. The highest BCUT2D eigenvalue weighted by molar-refractivity contribution is 7.26. The molecule has 0 bridgehead atoms. The van der Waals surface area contributed by atoms with E-state index >= 15 is 0 Å². The summed E-state index contributed by atoms with van der Waals surface area (Å²) < 4.78 is 2.65. The Labute approximate surface area is 272 Å². The maximum absolute atomic E-state index is 2.42. The molecule has 2 heteroatoms. The van der Waals surface area contributed by atoms with Crippen molar-refractivity contribution >= 4 is 70.1 Å². The first kappa shape index (κ1) is 26.7. The lowest BCUT2D eigenvalue weighted by Crippen LogP contribution is -2.11. The fraction of sp³-hybridized carbons (Fsp3) is 0. The van der Waals surface area contributed by atoms with Crippen molar-refractivity contribution in [2.45, 2.75) is 0 Å². The molecule has 0 aliphatic rings. The first-order chi connectivity index (χ1) is 22.8. The van der Waals surface area contributed by atoms with Gasteiger partial charge in [0.2, 0.25) is 0 Å². The van der Waals surface area contributed by atoms with E-state index in [1.807, 2.05) is 11.3 Å². The Hall–Kier alpha value is -5.70. The van der Waals surface area contributed by atoms with Crippen molar-refractivity contribution in [3.05, 3.63) is 176 Å². The SMILES string of the molecule is c1ccc(-c2ccccc2N(c2ccc(-c3ccc4ccccc4c3)cc2)c2ccc3ccc4sc5ccccc5c4c3c2)cc1. The van der Waals surface area contributed by atoms with E-state index in [9.17, 15) is 0 Å². The van der Waals surface area contributed by atoms with Gasteiger partial charge in [0.05, 0.1) is 5.69 Å². The number of benzene rings is 8. The summed E-state index contributed by atoms with van der Waals surface area (Å²) in [5.74, 6) is 0. The molecular formula is C44H29NS. The van der Waals surface area contributed by atoms with E-state index in [0.29, 0.717) is 0 Å². The maximum atomic E-state index is 2.42. The Morgan fingerprint density at radius 1 is 0.370 bits per heavy atom. The van der Waals surface area contributed by atoms with Crippen molar-refractivity contribution in [2.24, 2.45) is 0 Å². The Morgan fingerprint density at radius 2 is 1.04 bits per heavy atom. The van der Waals surface area contributed by atoms with Crippen molar-refractivity contribution in [2.75, 3.05) is 4.90 Å². The average molecular weight is 604 g/mol. The van der Waals surface area contributed by atoms with Crippen LogP contribution in [0.25, 0.3) is 64.0 Å². The zero-order chi connectivity index (χ0) is 30.5. The summed E-state index contributed by atoms with van der Waals surface area (Å²) >= 11 is 1.87. The van der Waals surface area contributed by atoms with Gasteiger partial charge in [-0.1, -0.05) is 127 Å². The highest BCUT2D eigenvalue weighted by atomic mass is 32.1. The summed E-state index contributed by atoms with van der Waals surface area (Å²) in [6, 6.07) is 64.0. The quantitative estimate of drug-likeness (QED) is 0.189. The predicted molar refractivity (Wildman–Crippen MR) is 200 cm³/mol. The molecule has 1 heterocycles. The largest absolute Gasteiger partial charge is 0.310 e. The van der Waals surface area contributed by atoms with Crippen LogP contribution < -0.4 is 4.90 Å². The van der Waals surface area contributed by atoms with E-state index in [2.05, 4.69) is 181 Å². The van der Waals surface area contributed by atoms with Gasteiger partial charge in [0.25, 0.3) is 0 Å². The number of thiophene rings is 1. The highest BCUT2D eigenvalue weighted by Gasteiger charge is 2.19. The summed E-state index contributed by atoms with van der Waals surface area (Å²) in [5, 5.41) is 7.70. The topological polar surface area (TPSA) is 3.24 Å². The van der Waals surface area contributed by atoms with Crippen LogP contribution in [0.2, 0.25) is 0 Å². The van der Waals surface area contributed by atoms with Gasteiger partial charge in [-0.3, -0.25) is 0 Å². The van der Waals surface area contributed by atoms with Crippen LogP contribution in [0.15, 0.2) is 176 Å². The van der Waals surface area contributed by atoms with Gasteiger partial charge in [-0.25, -0.2) is 0 Å². The third kappa shape index (κ3) is 4.54. The van der Waals surface area contributed by atoms with Crippen LogP contribution in [0.4, 0.5) is 17.1 Å². The summed E-state index contributed by atoms with van der Waals surface area (Å²) in [7, 11) is 0. The van der Waals surface area contributed by atoms with Crippen molar-refractivity contribution in [3.8, 4) is 22.3 Å². The van der Waals surface area contributed by atoms with Crippen molar-refractivity contribution in [1.29, 1.82) is 0 Å². The molecule has 1 aromatic heterocycles. The lowest BCUT2D eigenvalue weighted by Gasteiger charge is -2.28. The molecule has 0 saturated carbocycles. The second-order valence-corrected chi connectivity index (χ2v) is 12.9. The van der Waals surface area contributed by atoms with Crippen LogP contribution in [0.3, 0.4) is 0 Å². The smallest absolute Gasteiger partial charge is 0.0540 e. The van der Waals surface area contributed by atoms with Crippen LogP contribution in [-0.2, 0) is 0 Å². The van der Waals surface area contributed by atoms with Crippen LogP contribution in [0.1, 0.15) is 0 Å². The molecule has 9 aromatic rings. The summed E-state index contributed by atoms with van der Waals surface area (Å²) in [4.78, 5) is 2.42. The van der Waals surface area contributed by atoms with Crippen LogP contribution in [0, 0.1) is 0 Å². The number of anilines is 3. The third-order valence-electron chi connectivity index (χ3n) is 9.04. The molecule has 0 spiro atoms. The first-order valence-corrected chi connectivity index (χ1v) is 16.5. The fourth-order valence-electron chi connectivity index (χ4n) is 6.80. The van der Waals surface area contributed by atoms with Crippen LogP contribution >= 0.6 is 11.3 Å². The normalized spacial score (nSPS) is 11.5. The Kier molecular flexibility index (Phi) is 6.40. The number of hydrogen-bond donors (Lipinski definition) is 0. The van der Waals surface area contributed by atoms with Gasteiger partial charge < -0.3 is 4.90 Å². The second-order valence-electron chi connectivity index (χ2n) is 11.8. The maximum Gasteiger partial charge on any atom is 0.0540 e. The summed E-state index contributed by atoms with van der Waals surface area (Å²) in [6.07, 6.45) is 0. The van der Waals surface area contributed by atoms with Gasteiger partial charge in [-0.2, -0.15) is 0 Å². The van der Waals surface area contributed by atoms with Crippen molar-refractivity contribution < 1.29 is 0 Å². The van der Waals surface area contributed by atoms with Crippen molar-refractivity contribution in [3.63, 3.8) is 0 Å². The van der Waals surface area contributed by atoms with E-state index < -0.39 is 0 Å². The molecule has 0 aliphatic carbocycles. The molecule has 0 radical (unpaired) electrons. The number of fused-ring (bicyclic) bond motifs is 6. The molecule has 0 aliphatic heterocycles. The molecule has 0 saturated heterocycles. The second kappa shape index (κ2) is 11.0. The molecule has 46 heavy (non-hydrogen) atoms. The van der Waals surface area contributed by atoms with Crippen LogP contribution in [-0.4, -0.2) is 0 Å². The Morgan fingerprint density at radius 3 is 1.93 bits per heavy atom. The molecule has 0 N–H and O–H groups in total. The van der Waals surface area contributed by atoms with E-state index in [0.717, 1.165) is 17.1 Å². The zero-order valence-corrected chi connectivity index (χ0v) is 25.9. The van der Waals surface area contributed by atoms with E-state index in [1.165, 1.54) is 64.0 Å². The monoisotopic (exact) mass is 603 g/mol. The fourth-order valence-corrected chi connectivity index (χ4v) is 7.92. The minimum absolute atomic E-state index is 1.12. The summed E-state index contributed by atoms with van der Waals surface area (Å²) in [5.41, 5.74) is 8.22. The first-order valence-electron chi connectivity index (χ1n) is 15.7. The minimum atomic E-state index is 1.12. The standard InChI is InChI=1S/C44H29NS/c1-2-11-32(12-3-1)38-14-6-8-16-41(38)45(36-24-20-31(21-25-36)35-19-18-30-10-4-5-13-34(30)28-35)37-26-22-33-23-27-43-44(40(33)29-37)39-15-7-9-17-42(39)46-43/h1-29H. The summed E-state index contributed by atoms with van der Waals surface area (Å²) in [6.45, 7) is 0. The number of hydrogen-bond acceptors (Lipinski definition) is 2. The minimum Gasteiger partial charge on any atom is -0.310 e. The molecule has 0 unspecified atom stereocenters. The third-order valence-corrected chi connectivity index (χ3v) is 10.2. The molecule has 0 fully saturated rings. The predicted octanol–water partition coefficient (Wildman–Crippen LogP) is 13.2. The molecule has 0 amide bonds. The van der Waals surface area contributed by atoms with E-state index in [4.69, 9.17) is 0 Å². The van der Waals surface area contributed by atoms with Crippen molar-refractivity contribution in [1.82, 2.24) is 0 Å². The number of para-hydroxylation sites is 1. The zero-order valence-electron chi connectivity index (χ0n) is 25.1. The average Bonchev–Trinajstić information content (AvgIpc) is 3.52.